The summed E-state index contributed by atoms with van der Waals surface area (Å²) >= 11 is 0. The maximum atomic E-state index is 0. The van der Waals surface area contributed by atoms with Gasteiger partial charge in [0.2, 0.25) is 0 Å². The second kappa shape index (κ2) is 84.2. The number of rotatable bonds is 0. The fourth-order valence-electron chi connectivity index (χ4n) is 0. The molecule has 0 aliphatic heterocycles. The summed E-state index contributed by atoms with van der Waals surface area (Å²) in [6.45, 7) is 0. The molecule has 0 aliphatic carbocycles. The van der Waals surface area contributed by atoms with Gasteiger partial charge < -0.3 is 21.9 Å². The van der Waals surface area contributed by atoms with Crippen LogP contribution in [-0.2, 0) is 41.2 Å². The Bertz CT molecular complexity index is 16.0. The molecule has 0 aromatic carbocycles. The van der Waals surface area contributed by atoms with Crippen molar-refractivity contribution in [3.8, 4) is 0 Å². The first-order valence-corrected chi connectivity index (χ1v) is 0. The largest absolute Gasteiger partial charge is 2.00 e. The van der Waals surface area contributed by atoms with E-state index in [2.05, 4.69) is 0 Å². The molecule has 0 aromatic rings. The average Bonchev–Trinajstić information content (AvgIpc) is 0. The van der Waals surface area contributed by atoms with E-state index in [0.29, 0.717) is 0 Å². The average molecular weight is 246 g/mol. The van der Waals surface area contributed by atoms with Crippen LogP contribution in [0.1, 0.15) is 0 Å². The zero-order chi connectivity index (χ0) is 0. The molecule has 0 spiro atoms. The molecule has 0 atom stereocenters. The molecule has 0 aliphatic rings. The second-order valence-corrected chi connectivity index (χ2v) is 0. The molecule has 0 rings (SSSR count). The Morgan fingerprint density at radius 3 is 0.625 bits per heavy atom. The van der Waals surface area contributed by atoms with E-state index in [1.165, 1.54) is 0 Å². The van der Waals surface area contributed by atoms with Gasteiger partial charge in [0.05, 0.1) is 0 Å². The first-order valence-electron chi connectivity index (χ1n) is 0. The van der Waals surface area contributed by atoms with Crippen molar-refractivity contribution in [3.63, 3.8) is 0 Å². The van der Waals surface area contributed by atoms with Gasteiger partial charge in [-0.05, 0) is 0 Å². The summed E-state index contributed by atoms with van der Waals surface area (Å²) in [6.07, 6.45) is 0. The van der Waals surface area contributed by atoms with Gasteiger partial charge in [0.1, 0.15) is 0 Å². The van der Waals surface area contributed by atoms with Crippen molar-refractivity contribution in [3.05, 3.63) is 0 Å². The molecule has 4 nitrogen and oxygen atoms in total. The minimum atomic E-state index is 0. The molecule has 36 valence electrons. The fourth-order valence-corrected chi connectivity index (χ4v) is 0. The van der Waals surface area contributed by atoms with Gasteiger partial charge in [-0.3, -0.25) is 0 Å². The van der Waals surface area contributed by atoms with E-state index in [0.717, 1.165) is 0 Å². The molecular weight excluding hydrogens is 242 g/mol. The first-order chi connectivity index (χ1) is 0. The Kier molecular flexibility index (Phi) is 1200. The summed E-state index contributed by atoms with van der Waals surface area (Å²) in [5.41, 5.74) is 0. The van der Waals surface area contributed by atoms with Crippen molar-refractivity contribution in [2.45, 2.75) is 0 Å². The first kappa shape index (κ1) is 114. The molecule has 0 saturated heterocycles. The summed E-state index contributed by atoms with van der Waals surface area (Å²) in [4.78, 5) is 0. The predicted molar refractivity (Wildman–Crippen MR) is 19.3 cm³/mol. The standard InChI is InChI=1S/Ca.Mg.4H2O.Ti.Zn/h;;4*1H2;;/q2*+2;;;;;;+2/p-4. The zero-order valence-corrected chi connectivity index (χ0v) is 12.6. The molecule has 0 saturated carbocycles. The van der Waals surface area contributed by atoms with Crippen molar-refractivity contribution in [2.75, 3.05) is 0 Å². The van der Waals surface area contributed by atoms with Crippen LogP contribution in [0.5, 0.6) is 0 Å². The van der Waals surface area contributed by atoms with Gasteiger partial charge in [-0.15, -0.1) is 0 Å². The fraction of sp³-hybridized carbons (Fsp3) is 0. The Balaban J connectivity index is 0. The van der Waals surface area contributed by atoms with Crippen molar-refractivity contribution in [2.24, 2.45) is 0 Å². The third-order valence-electron chi connectivity index (χ3n) is 0. The van der Waals surface area contributed by atoms with Crippen molar-refractivity contribution < 1.29 is 63.1 Å². The molecule has 0 unspecified atom stereocenters. The van der Waals surface area contributed by atoms with Gasteiger partial charge in [-0.25, -0.2) is 0 Å². The maximum Gasteiger partial charge on any atom is 2.00 e. The van der Waals surface area contributed by atoms with Crippen LogP contribution >= 0.6 is 0 Å². The maximum absolute atomic E-state index is 0. The third-order valence-corrected chi connectivity index (χ3v) is 0. The Morgan fingerprint density at radius 1 is 0.625 bits per heavy atom. The molecule has 8 heteroatoms. The Hall–Kier alpha value is 3.20. The number of hydrogen-bond donors (Lipinski definition) is 0. The van der Waals surface area contributed by atoms with Crippen LogP contribution in [0.15, 0.2) is 0 Å². The van der Waals surface area contributed by atoms with Gasteiger partial charge in [0.15, 0.2) is 0 Å². The van der Waals surface area contributed by atoms with Gasteiger partial charge in [-0.2, -0.15) is 0 Å². The Morgan fingerprint density at radius 2 is 0.625 bits per heavy atom. The predicted octanol–water partition coefficient (Wildman–Crippen LogP) is -1.47. The van der Waals surface area contributed by atoms with Gasteiger partial charge in [0, 0.05) is 21.7 Å². The van der Waals surface area contributed by atoms with E-state index in [1.54, 1.807) is 0 Å². The molecule has 4 N–H and O–H groups in total. The molecule has 0 bridgehead atoms. The summed E-state index contributed by atoms with van der Waals surface area (Å²) < 4.78 is 0. The topological polar surface area (TPSA) is 120 Å². The van der Waals surface area contributed by atoms with Crippen LogP contribution in [0.4, 0.5) is 0 Å². The second-order valence-electron chi connectivity index (χ2n) is 0. The van der Waals surface area contributed by atoms with Crippen LogP contribution in [0.2, 0.25) is 0 Å². The Labute approximate surface area is 122 Å². The number of hydrogen-bond acceptors (Lipinski definition) is 4. The van der Waals surface area contributed by atoms with Crippen LogP contribution in [0, 0.1) is 0 Å². The van der Waals surface area contributed by atoms with Crippen LogP contribution in [0.3, 0.4) is 0 Å². The minimum Gasteiger partial charge on any atom is -0.870 e. The van der Waals surface area contributed by atoms with E-state index >= 15 is 0 Å². The van der Waals surface area contributed by atoms with E-state index in [4.69, 9.17) is 0 Å². The summed E-state index contributed by atoms with van der Waals surface area (Å²) in [6, 6.07) is 0. The molecule has 0 radical (unpaired) electrons. The third kappa shape index (κ3) is 60.4. The molecule has 8 heavy (non-hydrogen) atoms. The SMILES string of the molecule is [Ca+2].[Mg+2].[OH-].[OH-].[OH-].[OH-].[Ti].[Zn+2]. The summed E-state index contributed by atoms with van der Waals surface area (Å²) in [5.74, 6) is 0. The van der Waals surface area contributed by atoms with Crippen LogP contribution < -0.4 is 0 Å². The quantitative estimate of drug-likeness (QED) is 0.484. The van der Waals surface area contributed by atoms with Crippen molar-refractivity contribution in [1.82, 2.24) is 0 Å². The molecule has 0 fully saturated rings. The van der Waals surface area contributed by atoms with Gasteiger partial charge in [-0.1, -0.05) is 0 Å². The molecule has 0 heterocycles. The van der Waals surface area contributed by atoms with E-state index in [9.17, 15) is 0 Å². The normalized spacial score (nSPS) is 0. The van der Waals surface area contributed by atoms with Crippen LogP contribution in [-0.4, -0.2) is 82.7 Å². The summed E-state index contributed by atoms with van der Waals surface area (Å²) in [5, 5.41) is 0. The van der Waals surface area contributed by atoms with Crippen LogP contribution in [0.25, 0.3) is 0 Å². The minimum absolute atomic E-state index is 0. The van der Waals surface area contributed by atoms with Crippen molar-refractivity contribution in [1.29, 1.82) is 0 Å². The summed E-state index contributed by atoms with van der Waals surface area (Å²) in [7, 11) is 0. The van der Waals surface area contributed by atoms with E-state index in [1.807, 2.05) is 0 Å². The van der Waals surface area contributed by atoms with Crippen molar-refractivity contribution >= 4 is 60.8 Å². The van der Waals surface area contributed by atoms with E-state index < -0.39 is 0 Å². The molecular formula is H4CaMgO4TiZn+2. The van der Waals surface area contributed by atoms with Gasteiger partial charge >= 0.3 is 80.3 Å². The zero-order valence-electron chi connectivity index (χ0n) is 4.41. The van der Waals surface area contributed by atoms with E-state index in [-0.39, 0.29) is 124 Å². The monoisotopic (exact) mass is 244 g/mol. The molecule has 0 amide bonds. The molecule has 0 aromatic heterocycles. The van der Waals surface area contributed by atoms with Gasteiger partial charge in [0.25, 0.3) is 0 Å². The smallest absolute Gasteiger partial charge is 0.870 e.